The molecule has 11 heteroatoms. The highest BCUT2D eigenvalue weighted by atomic mass is 35.5. The number of benzene rings is 3. The molecule has 0 saturated heterocycles. The molecule has 2 amide bonds. The van der Waals surface area contributed by atoms with Crippen LogP contribution in [-0.4, -0.2) is 55.5 Å². The number of carbonyl (C=O) groups is 2. The topological polar surface area (TPSA) is 138 Å². The van der Waals surface area contributed by atoms with E-state index in [9.17, 15) is 19.8 Å². The minimum absolute atomic E-state index is 0.125. The molecule has 2 aliphatic rings. The maximum atomic E-state index is 12.7. The van der Waals surface area contributed by atoms with Crippen molar-refractivity contribution >= 4 is 45.9 Å². The second kappa shape index (κ2) is 17.3. The van der Waals surface area contributed by atoms with E-state index < -0.39 is 11.2 Å². The maximum absolute atomic E-state index is 12.7. The summed E-state index contributed by atoms with van der Waals surface area (Å²) in [5, 5.41) is 33.5. The minimum Gasteiger partial charge on any atom is -0.378 e. The number of fused-ring (bicyclic) bond motifs is 1. The Bertz CT molecular complexity index is 2270. The molecule has 2 saturated carbocycles. The second-order valence-corrected chi connectivity index (χ2v) is 14.7. The van der Waals surface area contributed by atoms with Gasteiger partial charge in [-0.05, 0) is 106 Å². The van der Waals surface area contributed by atoms with E-state index in [-0.39, 0.29) is 23.9 Å². The van der Waals surface area contributed by atoms with E-state index in [0.717, 1.165) is 47.7 Å². The summed E-state index contributed by atoms with van der Waals surface area (Å²) in [7, 11) is 0. The smallest absolute Gasteiger partial charge is 0.256 e. The lowest BCUT2D eigenvalue weighted by Gasteiger charge is -2.33. The van der Waals surface area contributed by atoms with Crippen molar-refractivity contribution in [2.75, 3.05) is 0 Å². The molecule has 0 aliphatic heterocycles. The summed E-state index contributed by atoms with van der Waals surface area (Å²) in [4.78, 5) is 29.3. The highest BCUT2D eigenvalue weighted by Gasteiger charge is 2.35. The third-order valence-corrected chi connectivity index (χ3v) is 9.98. The zero-order valence-electron chi connectivity index (χ0n) is 29.7. The number of halogens is 2. The summed E-state index contributed by atoms with van der Waals surface area (Å²) < 4.78 is 4.92. The van der Waals surface area contributed by atoms with Crippen LogP contribution in [0.2, 0.25) is 10.0 Å². The summed E-state index contributed by atoms with van der Waals surface area (Å²) in [5.74, 6) is 12.0. The van der Waals surface area contributed by atoms with Crippen molar-refractivity contribution in [1.29, 1.82) is 0 Å². The summed E-state index contributed by atoms with van der Waals surface area (Å²) in [6, 6.07) is 23.4. The Hall–Kier alpha value is -5.16. The van der Waals surface area contributed by atoms with Gasteiger partial charge in [0.2, 0.25) is 0 Å². The van der Waals surface area contributed by atoms with Gasteiger partial charge in [-0.3, -0.25) is 14.6 Å². The molecule has 4 atom stereocenters. The number of nitrogens with zero attached hydrogens (tertiary/aromatic N) is 2. The number of hydrogen-bond donors (Lipinski definition) is 4. The monoisotopic (exact) mass is 762 g/mol. The van der Waals surface area contributed by atoms with Crippen molar-refractivity contribution in [3.8, 4) is 23.7 Å². The Morgan fingerprint density at radius 3 is 1.94 bits per heavy atom. The van der Waals surface area contributed by atoms with Gasteiger partial charge in [0, 0.05) is 63.2 Å². The molecule has 2 aromatic heterocycles. The Kier molecular flexibility index (Phi) is 12.4. The molecule has 2 aliphatic carbocycles. The van der Waals surface area contributed by atoms with Crippen LogP contribution in [0.1, 0.15) is 89.0 Å². The molecular formula is C43H40Cl2N4O5. The minimum atomic E-state index is -1.12. The van der Waals surface area contributed by atoms with E-state index in [2.05, 4.69) is 44.5 Å². The molecule has 9 nitrogen and oxygen atoms in total. The molecule has 5 aromatic rings. The lowest BCUT2D eigenvalue weighted by molar-refractivity contribution is 0.0443. The van der Waals surface area contributed by atoms with Gasteiger partial charge in [-0.15, -0.1) is 0 Å². The summed E-state index contributed by atoms with van der Waals surface area (Å²) in [6.07, 6.45) is 8.31. The standard InChI is InChI=1S/C24H21ClN2O2.C19H19ClN2O3/c25-20-6-1-4-17(14-20)10-12-24(29)11-2-7-21(16-24)27-23(28)19-8-9-22-18(15-19)5-3-13-26-22;1-13-17(12-21-25-13)18(23)22-16-6-3-8-19(24,11-16)9-7-14-4-2-5-15(20)10-14/h1,3-6,8-9,13-15,21,29H,2,7,11,16H2,(H,27,28);2,4-5,10,12,16,24H,3,6,8,11H2,1H3,(H,22,23)/t21-,24+;16-,19+/m00/s1. The number of pyridine rings is 1. The Balaban J connectivity index is 0.000000186. The number of nitrogens with one attached hydrogen (secondary N) is 2. The van der Waals surface area contributed by atoms with Gasteiger partial charge >= 0.3 is 0 Å². The third kappa shape index (κ3) is 10.5. The quantitative estimate of drug-likeness (QED) is 0.140. The lowest BCUT2D eigenvalue weighted by atomic mass is 9.82. The molecular weight excluding hydrogens is 723 g/mol. The second-order valence-electron chi connectivity index (χ2n) is 13.8. The molecule has 3 aromatic carbocycles. The van der Waals surface area contributed by atoms with Crippen molar-refractivity contribution in [2.45, 2.75) is 81.6 Å². The highest BCUT2D eigenvalue weighted by Crippen LogP contribution is 2.30. The predicted octanol–water partition coefficient (Wildman–Crippen LogP) is 7.44. The molecule has 0 radical (unpaired) electrons. The van der Waals surface area contributed by atoms with Crippen LogP contribution in [0.15, 0.2) is 95.8 Å². The van der Waals surface area contributed by atoms with E-state index in [4.69, 9.17) is 27.7 Å². The zero-order chi connectivity index (χ0) is 38.1. The molecule has 0 bridgehead atoms. The van der Waals surface area contributed by atoms with E-state index in [0.29, 0.717) is 52.6 Å². The van der Waals surface area contributed by atoms with Crippen molar-refractivity contribution in [3.05, 3.63) is 129 Å². The number of hydrogen-bond acceptors (Lipinski definition) is 7. The number of aromatic nitrogens is 2. The van der Waals surface area contributed by atoms with Crippen LogP contribution in [0.4, 0.5) is 0 Å². The van der Waals surface area contributed by atoms with Gasteiger partial charge < -0.3 is 25.4 Å². The van der Waals surface area contributed by atoms with Gasteiger partial charge in [0.15, 0.2) is 0 Å². The van der Waals surface area contributed by atoms with Gasteiger partial charge in [0.05, 0.1) is 11.7 Å². The summed E-state index contributed by atoms with van der Waals surface area (Å²) in [5.41, 5.74) is 1.14. The van der Waals surface area contributed by atoms with Crippen LogP contribution < -0.4 is 10.6 Å². The molecule has 0 unspecified atom stereocenters. The fraction of sp³-hybridized carbons (Fsp3) is 0.302. The van der Waals surface area contributed by atoms with Gasteiger partial charge in [-0.1, -0.05) is 70.2 Å². The average Bonchev–Trinajstić information content (AvgIpc) is 3.59. The number of amides is 2. The van der Waals surface area contributed by atoms with Gasteiger partial charge in [0.1, 0.15) is 22.5 Å². The Morgan fingerprint density at radius 1 is 0.796 bits per heavy atom. The average molecular weight is 764 g/mol. The third-order valence-electron chi connectivity index (χ3n) is 9.51. The van der Waals surface area contributed by atoms with Crippen molar-refractivity contribution in [2.24, 2.45) is 0 Å². The van der Waals surface area contributed by atoms with Crippen molar-refractivity contribution < 1.29 is 24.3 Å². The van der Waals surface area contributed by atoms with Crippen LogP contribution in [0.5, 0.6) is 0 Å². The first kappa shape index (κ1) is 38.6. The van der Waals surface area contributed by atoms with Crippen LogP contribution in [-0.2, 0) is 0 Å². The first-order valence-electron chi connectivity index (χ1n) is 17.9. The molecule has 276 valence electrons. The van der Waals surface area contributed by atoms with Crippen LogP contribution in [0.25, 0.3) is 10.9 Å². The first-order chi connectivity index (χ1) is 26.0. The van der Waals surface area contributed by atoms with Crippen molar-refractivity contribution in [1.82, 2.24) is 20.8 Å². The largest absolute Gasteiger partial charge is 0.378 e. The molecule has 7 rings (SSSR count). The number of carbonyl (C=O) groups excluding carboxylic acids is 2. The van der Waals surface area contributed by atoms with Crippen LogP contribution in [0, 0.1) is 30.6 Å². The van der Waals surface area contributed by atoms with E-state index >= 15 is 0 Å². The number of rotatable bonds is 4. The normalized spacial score (nSPS) is 21.9. The van der Waals surface area contributed by atoms with Crippen LogP contribution >= 0.6 is 23.2 Å². The van der Waals surface area contributed by atoms with Gasteiger partial charge in [-0.2, -0.15) is 0 Å². The summed E-state index contributed by atoms with van der Waals surface area (Å²) in [6.45, 7) is 1.69. The maximum Gasteiger partial charge on any atom is 0.256 e. The van der Waals surface area contributed by atoms with E-state index in [1.54, 1.807) is 43.5 Å². The number of aliphatic hydroxyl groups is 2. The van der Waals surface area contributed by atoms with E-state index in [1.165, 1.54) is 6.20 Å². The SMILES string of the molecule is Cc1oncc1C(=O)N[C@H]1CCC[C@@](O)(C#Cc2cccc(Cl)c2)C1.O=C(N[C@H]1CCC[C@@](O)(C#Cc2cccc(Cl)c2)C1)c1ccc2ncccc2c1. The number of aryl methyl sites for hydroxylation is 1. The lowest BCUT2D eigenvalue weighted by Crippen LogP contribution is -2.45. The van der Waals surface area contributed by atoms with E-state index in [1.807, 2.05) is 48.5 Å². The predicted molar refractivity (Wildman–Crippen MR) is 209 cm³/mol. The van der Waals surface area contributed by atoms with Gasteiger partial charge in [0.25, 0.3) is 11.8 Å². The zero-order valence-corrected chi connectivity index (χ0v) is 31.3. The molecule has 2 heterocycles. The summed E-state index contributed by atoms with van der Waals surface area (Å²) >= 11 is 11.9. The Morgan fingerprint density at radius 2 is 1.39 bits per heavy atom. The fourth-order valence-corrected chi connectivity index (χ4v) is 7.13. The molecule has 2 fully saturated rings. The van der Waals surface area contributed by atoms with Crippen molar-refractivity contribution in [3.63, 3.8) is 0 Å². The fourth-order valence-electron chi connectivity index (χ4n) is 6.75. The molecule has 4 N–H and O–H groups in total. The molecule has 0 spiro atoms. The molecule has 54 heavy (non-hydrogen) atoms. The Labute approximate surface area is 324 Å². The van der Waals surface area contributed by atoms with Crippen LogP contribution in [0.3, 0.4) is 0 Å². The first-order valence-corrected chi connectivity index (χ1v) is 18.6. The highest BCUT2D eigenvalue weighted by molar-refractivity contribution is 6.31. The van der Waals surface area contributed by atoms with Gasteiger partial charge in [-0.25, -0.2) is 0 Å².